The van der Waals surface area contributed by atoms with E-state index in [0.717, 1.165) is 0 Å². The molecule has 0 aliphatic rings. The van der Waals surface area contributed by atoms with Gasteiger partial charge in [0.05, 0.1) is 37.2 Å². The van der Waals surface area contributed by atoms with Crippen LogP contribution >= 0.6 is 0 Å². The molecule has 4 N–H and O–H groups in total. The molecular formula is C12H16N2O5S. The highest BCUT2D eigenvalue weighted by Gasteiger charge is 2.33. The number of hydrogen-bond donors (Lipinski definition) is 4. The quantitative estimate of drug-likeness (QED) is 0.497. The molecule has 8 heteroatoms. The number of benzene rings is 1. The van der Waals surface area contributed by atoms with Gasteiger partial charge in [-0.3, -0.25) is 0 Å². The van der Waals surface area contributed by atoms with Crippen molar-refractivity contribution in [3.63, 3.8) is 0 Å². The lowest BCUT2D eigenvalue weighted by Crippen LogP contribution is -2.56. The molecule has 0 aliphatic carbocycles. The van der Waals surface area contributed by atoms with Crippen LogP contribution in [-0.2, 0) is 16.4 Å². The van der Waals surface area contributed by atoms with Crippen molar-refractivity contribution in [1.29, 1.82) is 5.26 Å². The van der Waals surface area contributed by atoms with Crippen molar-refractivity contribution in [3.05, 3.63) is 29.8 Å². The van der Waals surface area contributed by atoms with Crippen LogP contribution in [0.4, 0.5) is 0 Å². The Morgan fingerprint density at radius 1 is 1.10 bits per heavy atom. The fourth-order valence-electron chi connectivity index (χ4n) is 1.47. The second-order valence-electron chi connectivity index (χ2n) is 4.34. The summed E-state index contributed by atoms with van der Waals surface area (Å²) in [5, 5.41) is 35.9. The summed E-state index contributed by atoms with van der Waals surface area (Å²) in [6.07, 6.45) is 0.168. The van der Waals surface area contributed by atoms with E-state index >= 15 is 0 Å². The smallest absolute Gasteiger partial charge is 0.241 e. The van der Waals surface area contributed by atoms with Crippen molar-refractivity contribution < 1.29 is 23.7 Å². The summed E-state index contributed by atoms with van der Waals surface area (Å²) in [4.78, 5) is -0.0843. The van der Waals surface area contributed by atoms with E-state index in [2.05, 4.69) is 4.72 Å². The van der Waals surface area contributed by atoms with Gasteiger partial charge in [-0.25, -0.2) is 8.42 Å². The summed E-state index contributed by atoms with van der Waals surface area (Å²) in [5.74, 6) is 0. The van der Waals surface area contributed by atoms with E-state index in [1.807, 2.05) is 6.07 Å². The number of nitriles is 1. The fourth-order valence-corrected chi connectivity index (χ4v) is 2.84. The molecule has 1 aromatic rings. The number of aliphatic hydroxyl groups is 3. The summed E-state index contributed by atoms with van der Waals surface area (Å²) >= 11 is 0. The molecule has 0 saturated heterocycles. The predicted octanol–water partition coefficient (Wildman–Crippen LogP) is -1.25. The van der Waals surface area contributed by atoms with E-state index in [4.69, 9.17) is 20.6 Å². The molecule has 0 heterocycles. The predicted molar refractivity (Wildman–Crippen MR) is 70.1 cm³/mol. The Labute approximate surface area is 117 Å². The normalized spacial score (nSPS) is 12.1. The van der Waals surface area contributed by atoms with Crippen LogP contribution in [0.25, 0.3) is 0 Å². The number of nitrogens with zero attached hydrogens (tertiary/aromatic N) is 1. The van der Waals surface area contributed by atoms with Gasteiger partial charge >= 0.3 is 0 Å². The molecule has 0 fully saturated rings. The van der Waals surface area contributed by atoms with Gasteiger partial charge in [-0.05, 0) is 17.7 Å². The maximum absolute atomic E-state index is 12.1. The minimum absolute atomic E-state index is 0.0843. The first-order valence-electron chi connectivity index (χ1n) is 5.75. The second kappa shape index (κ2) is 6.78. The Bertz CT molecular complexity index is 565. The SMILES string of the molecule is N#CCc1ccc(S(=O)(=O)NC(CO)(CO)CO)cc1. The molecule has 0 bridgehead atoms. The zero-order chi connectivity index (χ0) is 15.2. The molecule has 0 atom stereocenters. The third kappa shape index (κ3) is 3.75. The Hall–Kier alpha value is -1.50. The van der Waals surface area contributed by atoms with E-state index in [0.29, 0.717) is 5.56 Å². The third-order valence-corrected chi connectivity index (χ3v) is 4.37. The van der Waals surface area contributed by atoms with Crippen LogP contribution < -0.4 is 4.72 Å². The zero-order valence-corrected chi connectivity index (χ0v) is 11.5. The maximum atomic E-state index is 12.1. The van der Waals surface area contributed by atoms with Crippen LogP contribution in [0.5, 0.6) is 0 Å². The van der Waals surface area contributed by atoms with E-state index in [1.54, 1.807) is 0 Å². The van der Waals surface area contributed by atoms with Gasteiger partial charge in [0, 0.05) is 0 Å². The standard InChI is InChI=1S/C12H16N2O5S/c13-6-5-10-1-3-11(4-2-10)20(18,19)14-12(7-15,8-16)9-17/h1-4,14-17H,5,7-9H2. The molecule has 1 aromatic carbocycles. The average molecular weight is 300 g/mol. The molecule has 110 valence electrons. The van der Waals surface area contributed by atoms with Gasteiger partial charge in [-0.1, -0.05) is 12.1 Å². The summed E-state index contributed by atoms with van der Waals surface area (Å²) < 4.78 is 26.2. The molecule has 0 amide bonds. The molecule has 0 aromatic heterocycles. The molecule has 1 rings (SSSR count). The summed E-state index contributed by atoms with van der Waals surface area (Å²) in [6.45, 7) is -2.23. The molecule has 0 radical (unpaired) electrons. The van der Waals surface area contributed by atoms with E-state index in [-0.39, 0.29) is 11.3 Å². The molecule has 7 nitrogen and oxygen atoms in total. The highest BCUT2D eigenvalue weighted by molar-refractivity contribution is 7.89. The van der Waals surface area contributed by atoms with Crippen molar-refractivity contribution in [2.24, 2.45) is 0 Å². The zero-order valence-electron chi connectivity index (χ0n) is 10.7. The third-order valence-electron chi connectivity index (χ3n) is 2.78. The number of hydrogen-bond acceptors (Lipinski definition) is 6. The van der Waals surface area contributed by atoms with Crippen LogP contribution in [0.3, 0.4) is 0 Å². The van der Waals surface area contributed by atoms with Crippen LogP contribution in [0.1, 0.15) is 5.56 Å². The minimum atomic E-state index is -4.00. The van der Waals surface area contributed by atoms with E-state index in [9.17, 15) is 8.42 Å². The Balaban J connectivity index is 3.02. The Morgan fingerprint density at radius 3 is 2.00 bits per heavy atom. The number of sulfonamides is 1. The molecule has 20 heavy (non-hydrogen) atoms. The van der Waals surface area contributed by atoms with Crippen molar-refractivity contribution in [3.8, 4) is 6.07 Å². The van der Waals surface area contributed by atoms with Crippen molar-refractivity contribution in [1.82, 2.24) is 4.72 Å². The number of aliphatic hydroxyl groups excluding tert-OH is 3. The topological polar surface area (TPSA) is 131 Å². The first kappa shape index (κ1) is 16.6. The van der Waals surface area contributed by atoms with Gasteiger partial charge < -0.3 is 15.3 Å². The van der Waals surface area contributed by atoms with Gasteiger partial charge in [0.1, 0.15) is 5.54 Å². The van der Waals surface area contributed by atoms with Gasteiger partial charge in [-0.15, -0.1) is 0 Å². The van der Waals surface area contributed by atoms with Crippen LogP contribution in [0, 0.1) is 11.3 Å². The lowest BCUT2D eigenvalue weighted by Gasteiger charge is -2.28. The molecule has 0 spiro atoms. The van der Waals surface area contributed by atoms with Crippen molar-refractivity contribution in [2.45, 2.75) is 16.9 Å². The van der Waals surface area contributed by atoms with Gasteiger partial charge in [0.2, 0.25) is 10.0 Å². The van der Waals surface area contributed by atoms with E-state index < -0.39 is 35.4 Å². The number of nitrogens with one attached hydrogen (secondary N) is 1. The summed E-state index contributed by atoms with van der Waals surface area (Å²) in [7, 11) is -4.00. The highest BCUT2D eigenvalue weighted by atomic mass is 32.2. The van der Waals surface area contributed by atoms with Crippen LogP contribution in [0.15, 0.2) is 29.2 Å². The summed E-state index contributed by atoms with van der Waals surface area (Å²) in [6, 6.07) is 7.56. The molecule has 0 saturated carbocycles. The van der Waals surface area contributed by atoms with Crippen molar-refractivity contribution in [2.75, 3.05) is 19.8 Å². The van der Waals surface area contributed by atoms with Gasteiger partial charge in [-0.2, -0.15) is 9.98 Å². The monoisotopic (exact) mass is 300 g/mol. The molecule has 0 aliphatic heterocycles. The highest BCUT2D eigenvalue weighted by Crippen LogP contribution is 2.14. The van der Waals surface area contributed by atoms with E-state index in [1.165, 1.54) is 24.3 Å². The Morgan fingerprint density at radius 2 is 1.60 bits per heavy atom. The number of rotatable bonds is 7. The molecular weight excluding hydrogens is 284 g/mol. The molecule has 0 unspecified atom stereocenters. The second-order valence-corrected chi connectivity index (χ2v) is 6.02. The van der Waals surface area contributed by atoms with Gasteiger partial charge in [0.15, 0.2) is 0 Å². The first-order chi connectivity index (χ1) is 9.43. The Kier molecular flexibility index (Phi) is 5.62. The fraction of sp³-hybridized carbons (Fsp3) is 0.417. The largest absolute Gasteiger partial charge is 0.394 e. The minimum Gasteiger partial charge on any atom is -0.394 e. The van der Waals surface area contributed by atoms with Gasteiger partial charge in [0.25, 0.3) is 0 Å². The lowest BCUT2D eigenvalue weighted by atomic mass is 10.1. The lowest BCUT2D eigenvalue weighted by molar-refractivity contribution is 0.0582. The average Bonchev–Trinajstić information content (AvgIpc) is 2.46. The first-order valence-corrected chi connectivity index (χ1v) is 7.24. The van der Waals surface area contributed by atoms with Crippen LogP contribution in [-0.4, -0.2) is 49.1 Å². The summed E-state index contributed by atoms with van der Waals surface area (Å²) in [5.41, 5.74) is -1.05. The van der Waals surface area contributed by atoms with Crippen LogP contribution in [0.2, 0.25) is 0 Å². The maximum Gasteiger partial charge on any atom is 0.241 e. The van der Waals surface area contributed by atoms with Crippen molar-refractivity contribution >= 4 is 10.0 Å².